The zero-order valence-corrected chi connectivity index (χ0v) is 20.4. The lowest BCUT2D eigenvalue weighted by molar-refractivity contribution is -0.136. The van der Waals surface area contributed by atoms with Gasteiger partial charge < -0.3 is 20.7 Å². The Balaban J connectivity index is 0.000000195. The third-order valence-electron chi connectivity index (χ3n) is 5.49. The third-order valence-corrected chi connectivity index (χ3v) is 5.49. The first-order chi connectivity index (χ1) is 18.0. The van der Waals surface area contributed by atoms with Crippen molar-refractivity contribution < 1.29 is 14.7 Å². The normalized spacial score (nSPS) is 10.4. The highest BCUT2D eigenvalue weighted by Crippen LogP contribution is 2.20. The van der Waals surface area contributed by atoms with E-state index >= 15 is 0 Å². The second-order valence-corrected chi connectivity index (χ2v) is 8.21. The van der Waals surface area contributed by atoms with E-state index in [1.54, 1.807) is 6.20 Å². The number of aryl methyl sites for hydroxylation is 2. The highest BCUT2D eigenvalue weighted by atomic mass is 16.4. The first kappa shape index (κ1) is 25.2. The summed E-state index contributed by atoms with van der Waals surface area (Å²) in [7, 11) is 0. The number of pyridine rings is 1. The van der Waals surface area contributed by atoms with Gasteiger partial charge in [-0.3, -0.25) is 9.48 Å². The van der Waals surface area contributed by atoms with Gasteiger partial charge in [0.15, 0.2) is 0 Å². The van der Waals surface area contributed by atoms with Crippen LogP contribution in [-0.4, -0.2) is 36.9 Å². The second-order valence-electron chi connectivity index (χ2n) is 8.21. The van der Waals surface area contributed by atoms with Crippen LogP contribution in [0.25, 0.3) is 22.3 Å². The van der Waals surface area contributed by atoms with Crippen molar-refractivity contribution >= 4 is 34.4 Å². The van der Waals surface area contributed by atoms with Crippen LogP contribution < -0.4 is 10.6 Å². The molecular formula is C28H28N6O3. The molecule has 5 aromatic rings. The second kappa shape index (κ2) is 12.2. The molecule has 2 aromatic carbocycles. The van der Waals surface area contributed by atoms with Crippen LogP contribution in [-0.2, 0) is 17.8 Å². The molecule has 0 spiro atoms. The van der Waals surface area contributed by atoms with Crippen LogP contribution in [0.5, 0.6) is 0 Å². The monoisotopic (exact) mass is 496 g/mol. The topological polar surface area (TPSA) is 125 Å². The van der Waals surface area contributed by atoms with Crippen LogP contribution in [0.4, 0.5) is 16.2 Å². The highest BCUT2D eigenvalue weighted by molar-refractivity contribution is 5.99. The Kier molecular flexibility index (Phi) is 8.28. The number of hydrogen-bond acceptors (Lipinski definition) is 4. The summed E-state index contributed by atoms with van der Waals surface area (Å²) in [4.78, 5) is 29.5. The van der Waals surface area contributed by atoms with Gasteiger partial charge in [-0.1, -0.05) is 30.3 Å². The lowest BCUT2D eigenvalue weighted by atomic mass is 10.1. The van der Waals surface area contributed by atoms with Gasteiger partial charge in [-0.2, -0.15) is 5.10 Å². The van der Waals surface area contributed by atoms with Crippen molar-refractivity contribution in [3.8, 4) is 11.3 Å². The number of para-hydroxylation sites is 1. The lowest BCUT2D eigenvalue weighted by Crippen LogP contribution is -2.19. The fourth-order valence-electron chi connectivity index (χ4n) is 3.62. The number of nitrogens with zero attached hydrogens (tertiary/aromatic N) is 3. The molecule has 0 aliphatic carbocycles. The van der Waals surface area contributed by atoms with Gasteiger partial charge in [0.05, 0.1) is 12.1 Å². The number of rotatable bonds is 7. The summed E-state index contributed by atoms with van der Waals surface area (Å²) in [6, 6.07) is 24.4. The lowest BCUT2D eigenvalue weighted by Gasteiger charge is -2.08. The fourth-order valence-corrected chi connectivity index (χ4v) is 3.62. The van der Waals surface area contributed by atoms with Gasteiger partial charge in [0.2, 0.25) is 0 Å². The van der Waals surface area contributed by atoms with Gasteiger partial charge in [0, 0.05) is 47.0 Å². The van der Waals surface area contributed by atoms with Crippen LogP contribution in [0.3, 0.4) is 0 Å². The van der Waals surface area contributed by atoms with Gasteiger partial charge in [0.25, 0.3) is 0 Å². The maximum absolute atomic E-state index is 11.9. The summed E-state index contributed by atoms with van der Waals surface area (Å²) in [5.74, 6) is -0.781. The van der Waals surface area contributed by atoms with E-state index in [-0.39, 0.29) is 12.5 Å². The summed E-state index contributed by atoms with van der Waals surface area (Å²) in [5.41, 5.74) is 5.16. The van der Waals surface area contributed by atoms with Crippen molar-refractivity contribution in [1.82, 2.24) is 19.7 Å². The zero-order chi connectivity index (χ0) is 26.0. The SMILES string of the molecule is CCn1ccc(-c2ccc(NC(=O)Nc3ccccc3)cc2)n1.O=C(O)CCc1cc2cccnc2[nH]1. The van der Waals surface area contributed by atoms with E-state index in [2.05, 4.69) is 32.6 Å². The molecule has 0 fully saturated rings. The molecule has 0 radical (unpaired) electrons. The molecule has 9 heteroatoms. The zero-order valence-electron chi connectivity index (χ0n) is 20.4. The number of hydrogen-bond donors (Lipinski definition) is 4. The number of aliphatic carboxylic acids is 1. The van der Waals surface area contributed by atoms with E-state index in [0.717, 1.165) is 45.9 Å². The molecule has 0 unspecified atom stereocenters. The molecule has 2 amide bonds. The Hall–Kier alpha value is -4.92. The smallest absolute Gasteiger partial charge is 0.323 e. The molecule has 3 aromatic heterocycles. The minimum Gasteiger partial charge on any atom is -0.481 e. The number of carbonyl (C=O) groups is 2. The molecule has 37 heavy (non-hydrogen) atoms. The van der Waals surface area contributed by atoms with Crippen molar-refractivity contribution in [3.05, 3.63) is 97.0 Å². The van der Waals surface area contributed by atoms with E-state index in [4.69, 9.17) is 5.11 Å². The first-order valence-corrected chi connectivity index (χ1v) is 11.9. The van der Waals surface area contributed by atoms with Gasteiger partial charge in [-0.15, -0.1) is 0 Å². The fraction of sp³-hybridized carbons (Fsp3) is 0.143. The van der Waals surface area contributed by atoms with E-state index < -0.39 is 5.97 Å². The number of anilines is 2. The Labute approximate surface area is 214 Å². The third kappa shape index (κ3) is 7.28. The quantitative estimate of drug-likeness (QED) is 0.227. The molecule has 0 atom stereocenters. The Morgan fingerprint density at radius 3 is 2.32 bits per heavy atom. The van der Waals surface area contributed by atoms with E-state index in [0.29, 0.717) is 6.42 Å². The number of fused-ring (bicyclic) bond motifs is 1. The Morgan fingerprint density at radius 1 is 0.946 bits per heavy atom. The first-order valence-electron chi connectivity index (χ1n) is 11.9. The summed E-state index contributed by atoms with van der Waals surface area (Å²) in [5, 5.41) is 19.6. The Morgan fingerprint density at radius 2 is 1.68 bits per heavy atom. The highest BCUT2D eigenvalue weighted by Gasteiger charge is 2.05. The van der Waals surface area contributed by atoms with Gasteiger partial charge in [0.1, 0.15) is 5.65 Å². The van der Waals surface area contributed by atoms with Crippen molar-refractivity contribution in [2.75, 3.05) is 10.6 Å². The summed E-state index contributed by atoms with van der Waals surface area (Å²) in [6.45, 7) is 2.90. The Bertz CT molecular complexity index is 1430. The minimum absolute atomic E-state index is 0.146. The summed E-state index contributed by atoms with van der Waals surface area (Å²) in [6.07, 6.45) is 4.33. The number of carboxylic acid groups (broad SMARTS) is 1. The number of aromatic nitrogens is 4. The van der Waals surface area contributed by atoms with Crippen LogP contribution in [0.15, 0.2) is 91.3 Å². The number of carboxylic acids is 1. The van der Waals surface area contributed by atoms with Crippen LogP contribution in [0, 0.1) is 0 Å². The van der Waals surface area contributed by atoms with Gasteiger partial charge in [-0.25, -0.2) is 9.78 Å². The average molecular weight is 497 g/mol. The largest absolute Gasteiger partial charge is 0.481 e. The number of aromatic amines is 1. The number of carbonyl (C=O) groups excluding carboxylic acids is 1. The van der Waals surface area contributed by atoms with Crippen molar-refractivity contribution in [2.45, 2.75) is 26.3 Å². The van der Waals surface area contributed by atoms with E-state index in [1.807, 2.05) is 89.7 Å². The number of amides is 2. The molecule has 0 aliphatic heterocycles. The number of urea groups is 1. The molecule has 5 rings (SSSR count). The summed E-state index contributed by atoms with van der Waals surface area (Å²) < 4.78 is 1.88. The molecule has 0 saturated carbocycles. The molecule has 188 valence electrons. The molecule has 9 nitrogen and oxygen atoms in total. The standard InChI is InChI=1S/C18H18N4O.C10H10N2O2/c1-2-22-13-12-17(21-22)14-8-10-16(11-9-14)20-18(23)19-15-6-4-3-5-7-15;13-9(14)4-3-8-6-7-2-1-5-11-10(7)12-8/h3-13H,2H2,1H3,(H2,19,20,23);1-2,5-6H,3-4H2,(H,11,12)(H,13,14). The number of benzene rings is 2. The van der Waals surface area contributed by atoms with Crippen LogP contribution in [0.1, 0.15) is 19.0 Å². The summed E-state index contributed by atoms with van der Waals surface area (Å²) >= 11 is 0. The van der Waals surface area contributed by atoms with Crippen molar-refractivity contribution in [1.29, 1.82) is 0 Å². The predicted molar refractivity (Wildman–Crippen MR) is 144 cm³/mol. The van der Waals surface area contributed by atoms with Crippen molar-refractivity contribution in [2.24, 2.45) is 0 Å². The number of nitrogens with one attached hydrogen (secondary N) is 3. The van der Waals surface area contributed by atoms with Crippen LogP contribution >= 0.6 is 0 Å². The average Bonchev–Trinajstić information content (AvgIpc) is 3.56. The maximum atomic E-state index is 11.9. The van der Waals surface area contributed by atoms with E-state index in [9.17, 15) is 9.59 Å². The molecule has 0 saturated heterocycles. The van der Waals surface area contributed by atoms with E-state index in [1.165, 1.54) is 0 Å². The number of H-pyrrole nitrogens is 1. The van der Waals surface area contributed by atoms with Gasteiger partial charge >= 0.3 is 12.0 Å². The molecule has 0 aliphatic rings. The molecule has 3 heterocycles. The predicted octanol–water partition coefficient (Wildman–Crippen LogP) is 5.79. The van der Waals surface area contributed by atoms with Crippen LogP contribution in [0.2, 0.25) is 0 Å². The maximum Gasteiger partial charge on any atom is 0.323 e. The minimum atomic E-state index is -0.781. The molecule has 4 N–H and O–H groups in total. The molecular weight excluding hydrogens is 468 g/mol. The van der Waals surface area contributed by atoms with Gasteiger partial charge in [-0.05, 0) is 61.9 Å². The van der Waals surface area contributed by atoms with Crippen molar-refractivity contribution in [3.63, 3.8) is 0 Å². The molecule has 0 bridgehead atoms.